The average molecular weight is 513 g/mol. The van der Waals surface area contributed by atoms with Crippen LogP contribution in [0, 0.1) is 5.82 Å². The van der Waals surface area contributed by atoms with Crippen molar-refractivity contribution in [3.63, 3.8) is 0 Å². The molecular weight excluding hydrogens is 493 g/mol. The first kappa shape index (κ1) is 22.8. The summed E-state index contributed by atoms with van der Waals surface area (Å²) >= 11 is 6.30. The third kappa shape index (κ3) is 4.52. The Kier molecular flexibility index (Phi) is 5.82. The highest BCUT2D eigenvalue weighted by Gasteiger charge is 2.29. The number of aromatic amines is 1. The largest absolute Gasteiger partial charge is 0.341 e. The lowest BCUT2D eigenvalue weighted by atomic mass is 9.94. The Morgan fingerprint density at radius 1 is 1.03 bits per heavy atom. The molecule has 10 heteroatoms. The first-order valence-corrected chi connectivity index (χ1v) is 11.9. The van der Waals surface area contributed by atoms with E-state index < -0.39 is 0 Å². The van der Waals surface area contributed by atoms with Gasteiger partial charge in [0.15, 0.2) is 0 Å². The first-order valence-electron chi connectivity index (χ1n) is 11.5. The minimum atomic E-state index is -0.355. The van der Waals surface area contributed by atoms with Gasteiger partial charge in [0.05, 0.1) is 22.3 Å². The molecule has 0 fully saturated rings. The summed E-state index contributed by atoms with van der Waals surface area (Å²) in [6.07, 6.45) is 3.68. The molecule has 0 aliphatic carbocycles. The Balaban J connectivity index is 1.45. The van der Waals surface area contributed by atoms with E-state index in [-0.39, 0.29) is 11.7 Å². The summed E-state index contributed by atoms with van der Waals surface area (Å²) < 4.78 is 16.5. The van der Waals surface area contributed by atoms with E-state index in [9.17, 15) is 9.60 Å². The van der Waals surface area contributed by atoms with E-state index in [1.807, 2.05) is 48.5 Å². The molecule has 0 saturated heterocycles. The normalized spacial score (nSPS) is 12.2. The van der Waals surface area contributed by atoms with Crippen molar-refractivity contribution in [2.24, 2.45) is 0 Å². The Bertz CT molecular complexity index is 1700. The lowest BCUT2D eigenvalue weighted by Gasteiger charge is -2.13. The number of hydrogen-bond donors (Lipinski definition) is 2. The molecule has 0 aliphatic heterocycles. The van der Waals surface area contributed by atoms with Crippen molar-refractivity contribution >= 4 is 22.6 Å². The molecule has 0 bridgehead atoms. The highest BCUT2D eigenvalue weighted by molar-refractivity contribution is 6.31. The van der Waals surface area contributed by atoms with Crippen molar-refractivity contribution in [1.29, 1.82) is 0 Å². The number of nitrogens with zero attached hydrogens (tertiary/aromatic N) is 6. The molecular formula is C27H20ClFN7O+. The minimum absolute atomic E-state index is 0.338. The molecule has 3 heterocycles. The molecule has 6 rings (SSSR count). The van der Waals surface area contributed by atoms with E-state index in [4.69, 9.17) is 11.6 Å². The highest BCUT2D eigenvalue weighted by Crippen LogP contribution is 2.31. The summed E-state index contributed by atoms with van der Waals surface area (Å²) in [4.78, 5) is 7.97. The topological polar surface area (TPSA) is 96.4 Å². The van der Waals surface area contributed by atoms with Gasteiger partial charge in [-0.25, -0.2) is 9.37 Å². The number of imidazole rings is 1. The number of H-pyrrole nitrogens is 1. The van der Waals surface area contributed by atoms with Crippen LogP contribution in [-0.2, 0) is 6.42 Å². The van der Waals surface area contributed by atoms with Crippen molar-refractivity contribution < 1.29 is 14.3 Å². The predicted molar refractivity (Wildman–Crippen MR) is 135 cm³/mol. The molecule has 6 aromatic rings. The number of fused-ring (bicyclic) bond motifs is 1. The lowest BCUT2D eigenvalue weighted by Crippen LogP contribution is -2.37. The van der Waals surface area contributed by atoms with Crippen LogP contribution in [0.4, 0.5) is 4.39 Å². The summed E-state index contributed by atoms with van der Waals surface area (Å²) in [6, 6.07) is 23.5. The number of rotatable bonds is 6. The number of tetrazole rings is 1. The molecule has 8 nitrogen and oxygen atoms in total. The van der Waals surface area contributed by atoms with Crippen LogP contribution < -0.4 is 4.73 Å². The molecule has 37 heavy (non-hydrogen) atoms. The number of aromatic nitrogens is 7. The Morgan fingerprint density at radius 3 is 2.68 bits per heavy atom. The van der Waals surface area contributed by atoms with Crippen LogP contribution >= 0.6 is 11.6 Å². The van der Waals surface area contributed by atoms with Crippen LogP contribution in [-0.4, -0.2) is 35.4 Å². The quantitative estimate of drug-likeness (QED) is 0.244. The Morgan fingerprint density at radius 2 is 1.89 bits per heavy atom. The van der Waals surface area contributed by atoms with Gasteiger partial charge in [0.25, 0.3) is 0 Å². The van der Waals surface area contributed by atoms with Crippen molar-refractivity contribution in [3.05, 3.63) is 119 Å². The molecule has 0 saturated carbocycles. The zero-order chi connectivity index (χ0) is 25.4. The van der Waals surface area contributed by atoms with Gasteiger partial charge in [-0.1, -0.05) is 41.9 Å². The number of nitrogens with one attached hydrogen (secondary N) is 1. The minimum Gasteiger partial charge on any atom is -0.341 e. The van der Waals surface area contributed by atoms with Crippen molar-refractivity contribution in [1.82, 2.24) is 30.2 Å². The third-order valence-electron chi connectivity index (χ3n) is 6.26. The predicted octanol–water partition coefficient (Wildman–Crippen LogP) is 4.90. The molecule has 0 amide bonds. The van der Waals surface area contributed by atoms with E-state index in [2.05, 4.69) is 25.5 Å². The highest BCUT2D eigenvalue weighted by atomic mass is 35.5. The Labute approximate surface area is 215 Å². The van der Waals surface area contributed by atoms with Crippen molar-refractivity contribution in [2.45, 2.75) is 12.3 Å². The molecule has 3 aromatic carbocycles. The fraction of sp³-hybridized carbons (Fsp3) is 0.0741. The van der Waals surface area contributed by atoms with Gasteiger partial charge in [-0.05, 0) is 58.8 Å². The SMILES string of the molecule is O[n+]1cc(-c2cc(Cl)ccc2-n2cnnn2)ccc1[C@@H](Cc1ccccc1)c1nc2cc(F)ccc2[nH]1. The van der Waals surface area contributed by atoms with Crippen LogP contribution in [0.2, 0.25) is 5.02 Å². The van der Waals surface area contributed by atoms with Gasteiger partial charge in [0.1, 0.15) is 23.9 Å². The van der Waals surface area contributed by atoms with Crippen LogP contribution in [0.15, 0.2) is 91.4 Å². The maximum absolute atomic E-state index is 13.8. The van der Waals surface area contributed by atoms with Gasteiger partial charge in [-0.3, -0.25) is 5.21 Å². The number of halogens is 2. The smallest absolute Gasteiger partial charge is 0.245 e. The first-order chi connectivity index (χ1) is 18.0. The fourth-order valence-electron chi connectivity index (χ4n) is 4.50. The summed E-state index contributed by atoms with van der Waals surface area (Å²) in [5.41, 5.74) is 5.09. The second-order valence-electron chi connectivity index (χ2n) is 8.63. The molecule has 2 N–H and O–H groups in total. The van der Waals surface area contributed by atoms with Gasteiger partial charge in [-0.15, -0.1) is 5.10 Å². The molecule has 0 spiro atoms. The summed E-state index contributed by atoms with van der Waals surface area (Å²) in [6.45, 7) is 0. The van der Waals surface area contributed by atoms with Crippen LogP contribution in [0.3, 0.4) is 0 Å². The Hall–Kier alpha value is -4.63. The van der Waals surface area contributed by atoms with Crippen molar-refractivity contribution in [3.8, 4) is 16.8 Å². The molecule has 1 atom stereocenters. The van der Waals surface area contributed by atoms with E-state index in [0.717, 1.165) is 21.4 Å². The second-order valence-corrected chi connectivity index (χ2v) is 9.07. The second kappa shape index (κ2) is 9.44. The maximum Gasteiger partial charge on any atom is 0.245 e. The molecule has 182 valence electrons. The van der Waals surface area contributed by atoms with Crippen LogP contribution in [0.1, 0.15) is 23.0 Å². The maximum atomic E-state index is 13.8. The van der Waals surface area contributed by atoms with Crippen LogP contribution in [0.25, 0.3) is 27.8 Å². The third-order valence-corrected chi connectivity index (χ3v) is 6.49. The molecule has 3 aromatic heterocycles. The van der Waals surface area contributed by atoms with Gasteiger partial charge >= 0.3 is 0 Å². The zero-order valence-electron chi connectivity index (χ0n) is 19.3. The van der Waals surface area contributed by atoms with Crippen LogP contribution in [0.5, 0.6) is 0 Å². The van der Waals surface area contributed by atoms with E-state index in [1.165, 1.54) is 23.1 Å². The average Bonchev–Trinajstić information content (AvgIpc) is 3.58. The molecule has 0 unspecified atom stereocenters. The van der Waals surface area contributed by atoms with E-state index in [0.29, 0.717) is 39.7 Å². The number of hydrogen-bond acceptors (Lipinski definition) is 5. The zero-order valence-corrected chi connectivity index (χ0v) is 20.1. The molecule has 0 radical (unpaired) electrons. The van der Waals surface area contributed by atoms with Crippen molar-refractivity contribution in [2.75, 3.05) is 0 Å². The molecule has 0 aliphatic rings. The van der Waals surface area contributed by atoms with E-state index >= 15 is 0 Å². The van der Waals surface area contributed by atoms with Gasteiger partial charge < -0.3 is 4.98 Å². The van der Waals surface area contributed by atoms with E-state index in [1.54, 1.807) is 24.4 Å². The van der Waals surface area contributed by atoms with Gasteiger partial charge in [-0.2, -0.15) is 4.68 Å². The summed E-state index contributed by atoms with van der Waals surface area (Å²) in [5.74, 6) is -0.0703. The fourth-order valence-corrected chi connectivity index (χ4v) is 4.67. The number of pyridine rings is 1. The van der Waals surface area contributed by atoms with Gasteiger partial charge in [0.2, 0.25) is 11.9 Å². The summed E-state index contributed by atoms with van der Waals surface area (Å²) in [5, 5.41) is 23.2. The standard InChI is InChI=1S/C27H20ClFN7O/c28-19-7-11-25(35-16-30-33-34-35)21(13-19)18-6-10-26(36(37)15-18)22(12-17-4-2-1-3-5-17)27-31-23-9-8-20(29)14-24(23)32-27/h1-11,13-16,22,37H,12H2,(H,31,32)/q+1/t22-/m1/s1. The van der Waals surface area contributed by atoms with Gasteiger partial charge in [0, 0.05) is 27.4 Å². The lowest BCUT2D eigenvalue weighted by molar-refractivity contribution is -0.909. The monoisotopic (exact) mass is 512 g/mol. The number of benzene rings is 3. The summed E-state index contributed by atoms with van der Waals surface area (Å²) in [7, 11) is 0.